The van der Waals surface area contributed by atoms with Crippen molar-refractivity contribution in [2.75, 3.05) is 21.2 Å². The van der Waals surface area contributed by atoms with E-state index >= 15 is 0 Å². The number of rotatable bonds is 7. The molecule has 1 unspecified atom stereocenters. The van der Waals surface area contributed by atoms with Crippen LogP contribution in [-0.2, 0) is 17.8 Å². The maximum atomic E-state index is 5.34. The van der Waals surface area contributed by atoms with Gasteiger partial charge in [0.2, 0.25) is 0 Å². The summed E-state index contributed by atoms with van der Waals surface area (Å²) < 4.78 is 5.34. The van der Waals surface area contributed by atoms with Gasteiger partial charge in [-0.25, -0.2) is 9.97 Å². The number of nitrogens with zero attached hydrogens (tertiary/aromatic N) is 4. The molecule has 1 N–H and O–H groups in total. The van der Waals surface area contributed by atoms with Crippen LogP contribution in [0.1, 0.15) is 28.7 Å². The van der Waals surface area contributed by atoms with Gasteiger partial charge in [-0.1, -0.05) is 30.3 Å². The number of hydrogen-bond acceptors (Lipinski definition) is 6. The Hall–Kier alpha value is -1.56. The van der Waals surface area contributed by atoms with Gasteiger partial charge in [-0.3, -0.25) is 4.99 Å². The molecule has 0 amide bonds. The SMILES string of the molecule is CN=C(NCc1nc(-c2ccccc2)cs1)N(C)Cc1csc(C(C)OC)n1.I. The zero-order valence-electron chi connectivity index (χ0n) is 17.0. The van der Waals surface area contributed by atoms with Crippen LogP contribution in [0.5, 0.6) is 0 Å². The summed E-state index contributed by atoms with van der Waals surface area (Å²) in [6.45, 7) is 3.32. The van der Waals surface area contributed by atoms with Crippen LogP contribution in [0, 0.1) is 0 Å². The Morgan fingerprint density at radius 3 is 2.66 bits per heavy atom. The lowest BCUT2D eigenvalue weighted by Crippen LogP contribution is -2.38. The number of methoxy groups -OCH3 is 1. The van der Waals surface area contributed by atoms with Gasteiger partial charge >= 0.3 is 0 Å². The summed E-state index contributed by atoms with van der Waals surface area (Å²) in [5.74, 6) is 0.811. The molecule has 156 valence electrons. The average molecular weight is 544 g/mol. The van der Waals surface area contributed by atoms with E-state index in [9.17, 15) is 0 Å². The molecule has 2 heterocycles. The standard InChI is InChI=1S/C20H25N5OS2.HI/c1-14(26-4)19-23-16(12-28-19)11-25(3)20(21-2)22-10-18-24-17(13-27-18)15-8-6-5-7-9-15;/h5-9,12-14H,10-11H2,1-4H3,(H,21,22);1H. The molecule has 0 saturated heterocycles. The fourth-order valence-corrected chi connectivity index (χ4v) is 4.26. The molecule has 0 aliphatic rings. The summed E-state index contributed by atoms with van der Waals surface area (Å²) in [6, 6.07) is 10.2. The largest absolute Gasteiger partial charge is 0.375 e. The molecule has 3 aromatic rings. The first-order chi connectivity index (χ1) is 13.6. The van der Waals surface area contributed by atoms with Gasteiger partial charge in [0.25, 0.3) is 0 Å². The normalized spacial score (nSPS) is 12.3. The number of guanidine groups is 1. The van der Waals surface area contributed by atoms with Crippen molar-refractivity contribution in [3.8, 4) is 11.3 Å². The molecular weight excluding hydrogens is 517 g/mol. The second-order valence-electron chi connectivity index (χ2n) is 6.30. The van der Waals surface area contributed by atoms with Crippen molar-refractivity contribution >= 4 is 52.6 Å². The highest BCUT2D eigenvalue weighted by Gasteiger charge is 2.13. The molecule has 0 aliphatic heterocycles. The van der Waals surface area contributed by atoms with E-state index in [4.69, 9.17) is 9.72 Å². The topological polar surface area (TPSA) is 62.6 Å². The number of nitrogens with one attached hydrogen (secondary N) is 1. The summed E-state index contributed by atoms with van der Waals surface area (Å²) >= 11 is 3.27. The molecule has 9 heteroatoms. The highest BCUT2D eigenvalue weighted by Crippen LogP contribution is 2.22. The van der Waals surface area contributed by atoms with E-state index < -0.39 is 0 Å². The zero-order valence-corrected chi connectivity index (χ0v) is 20.9. The molecule has 29 heavy (non-hydrogen) atoms. The van der Waals surface area contributed by atoms with Gasteiger partial charge < -0.3 is 15.0 Å². The molecule has 2 aromatic heterocycles. The third kappa shape index (κ3) is 6.46. The molecule has 0 saturated carbocycles. The van der Waals surface area contributed by atoms with Crippen molar-refractivity contribution in [1.82, 2.24) is 20.2 Å². The van der Waals surface area contributed by atoms with Crippen molar-refractivity contribution < 1.29 is 4.74 Å². The highest BCUT2D eigenvalue weighted by atomic mass is 127. The molecule has 0 radical (unpaired) electrons. The minimum Gasteiger partial charge on any atom is -0.375 e. The summed E-state index contributed by atoms with van der Waals surface area (Å²) in [5, 5.41) is 9.56. The molecule has 0 aliphatic carbocycles. The fraction of sp³-hybridized carbons (Fsp3) is 0.350. The molecule has 1 atom stereocenters. The number of thiazole rings is 2. The highest BCUT2D eigenvalue weighted by molar-refractivity contribution is 14.0. The molecule has 0 bridgehead atoms. The average Bonchev–Trinajstić information content (AvgIpc) is 3.38. The maximum absolute atomic E-state index is 5.34. The van der Waals surface area contributed by atoms with Crippen LogP contribution >= 0.6 is 46.7 Å². The van der Waals surface area contributed by atoms with Crippen LogP contribution in [0.4, 0.5) is 0 Å². The van der Waals surface area contributed by atoms with Gasteiger partial charge in [-0.15, -0.1) is 46.7 Å². The number of hydrogen-bond donors (Lipinski definition) is 1. The summed E-state index contributed by atoms with van der Waals surface area (Å²) in [5.41, 5.74) is 3.15. The summed E-state index contributed by atoms with van der Waals surface area (Å²) in [6.07, 6.45) is 0.0187. The molecule has 0 fully saturated rings. The third-order valence-corrected chi connectivity index (χ3v) is 6.17. The maximum Gasteiger partial charge on any atom is 0.194 e. The summed E-state index contributed by atoms with van der Waals surface area (Å²) in [4.78, 5) is 15.8. The summed E-state index contributed by atoms with van der Waals surface area (Å²) in [7, 11) is 5.49. The monoisotopic (exact) mass is 543 g/mol. The van der Waals surface area contributed by atoms with E-state index in [1.54, 1.807) is 36.8 Å². The van der Waals surface area contributed by atoms with E-state index in [1.165, 1.54) is 0 Å². The Bertz CT molecular complexity index is 913. The van der Waals surface area contributed by atoms with E-state index in [0.29, 0.717) is 13.1 Å². The van der Waals surface area contributed by atoms with Gasteiger partial charge in [0.1, 0.15) is 16.1 Å². The lowest BCUT2D eigenvalue weighted by molar-refractivity contribution is 0.119. The lowest BCUT2D eigenvalue weighted by Gasteiger charge is -2.20. The Labute approximate surface area is 197 Å². The number of benzene rings is 1. The Balaban J connectivity index is 0.00000300. The third-order valence-electron chi connectivity index (χ3n) is 4.26. The predicted octanol–water partition coefficient (Wildman–Crippen LogP) is 4.80. The first kappa shape index (κ1) is 23.7. The van der Waals surface area contributed by atoms with Crippen molar-refractivity contribution in [2.24, 2.45) is 4.99 Å². The Morgan fingerprint density at radius 2 is 1.97 bits per heavy atom. The van der Waals surface area contributed by atoms with Gasteiger partial charge in [0.15, 0.2) is 5.96 Å². The first-order valence-corrected chi connectivity index (χ1v) is 10.7. The first-order valence-electron chi connectivity index (χ1n) is 8.99. The Kier molecular flexibility index (Phi) is 9.47. The van der Waals surface area contributed by atoms with Crippen LogP contribution in [0.2, 0.25) is 0 Å². The molecule has 0 spiro atoms. The smallest absolute Gasteiger partial charge is 0.194 e. The van der Waals surface area contributed by atoms with Crippen molar-refractivity contribution in [3.05, 3.63) is 56.8 Å². The van der Waals surface area contributed by atoms with Gasteiger partial charge in [0.05, 0.1) is 24.5 Å². The van der Waals surface area contributed by atoms with Crippen molar-refractivity contribution in [1.29, 1.82) is 0 Å². The van der Waals surface area contributed by atoms with E-state index in [-0.39, 0.29) is 30.1 Å². The van der Waals surface area contributed by atoms with Crippen LogP contribution in [0.25, 0.3) is 11.3 Å². The van der Waals surface area contributed by atoms with E-state index in [2.05, 4.69) is 43.1 Å². The van der Waals surface area contributed by atoms with E-state index in [1.807, 2.05) is 32.2 Å². The number of aromatic nitrogens is 2. The van der Waals surface area contributed by atoms with Crippen LogP contribution in [-0.4, -0.2) is 42.0 Å². The minimum atomic E-state index is 0. The van der Waals surface area contributed by atoms with Crippen LogP contribution in [0.3, 0.4) is 0 Å². The molecule has 1 aromatic carbocycles. The second kappa shape index (κ2) is 11.6. The van der Waals surface area contributed by atoms with Crippen molar-refractivity contribution in [3.63, 3.8) is 0 Å². The lowest BCUT2D eigenvalue weighted by atomic mass is 10.2. The van der Waals surface area contributed by atoms with Gasteiger partial charge in [-0.05, 0) is 6.92 Å². The quantitative estimate of drug-likeness (QED) is 0.264. The second-order valence-corrected chi connectivity index (χ2v) is 8.14. The molecule has 3 rings (SSSR count). The van der Waals surface area contributed by atoms with Gasteiger partial charge in [0, 0.05) is 37.5 Å². The van der Waals surface area contributed by atoms with Crippen molar-refractivity contribution in [2.45, 2.75) is 26.1 Å². The molecule has 6 nitrogen and oxygen atoms in total. The Morgan fingerprint density at radius 1 is 1.21 bits per heavy atom. The predicted molar refractivity (Wildman–Crippen MR) is 132 cm³/mol. The number of ether oxygens (including phenoxy) is 1. The zero-order chi connectivity index (χ0) is 19.9. The number of aliphatic imine (C=N–C) groups is 1. The van der Waals surface area contributed by atoms with Crippen LogP contribution in [0.15, 0.2) is 46.1 Å². The fourth-order valence-electron chi connectivity index (χ4n) is 2.67. The minimum absolute atomic E-state index is 0. The van der Waals surface area contributed by atoms with E-state index in [0.717, 1.165) is 32.9 Å². The molecular formula is C20H26IN5OS2. The number of halogens is 1. The van der Waals surface area contributed by atoms with Crippen LogP contribution < -0.4 is 5.32 Å². The van der Waals surface area contributed by atoms with Gasteiger partial charge in [-0.2, -0.15) is 0 Å².